The van der Waals surface area contributed by atoms with Gasteiger partial charge in [0.15, 0.2) is 6.29 Å². The molecule has 1 saturated heterocycles. The lowest BCUT2D eigenvalue weighted by Gasteiger charge is -2.35. The molecule has 2 aromatic rings. The second-order valence-electron chi connectivity index (χ2n) is 6.27. The summed E-state index contributed by atoms with van der Waals surface area (Å²) in [7, 11) is 1.74. The van der Waals surface area contributed by atoms with Crippen LogP contribution in [0, 0.1) is 5.92 Å². The molecule has 24 heavy (non-hydrogen) atoms. The standard InChI is InChI=1S/C19H27N3O2/c1-3-24-19(23-2)17-9-11-21(12-10-17)18-13-20-22(15-18)14-16-7-5-4-6-8-16/h4-8,13,15,17,19H,3,9-12,14H2,1-2H3. The molecule has 1 aliphatic rings. The van der Waals surface area contributed by atoms with E-state index in [1.54, 1.807) is 7.11 Å². The van der Waals surface area contributed by atoms with Crippen molar-refractivity contribution in [1.29, 1.82) is 0 Å². The van der Waals surface area contributed by atoms with Crippen molar-refractivity contribution in [1.82, 2.24) is 9.78 Å². The lowest BCUT2D eigenvalue weighted by atomic mass is 9.96. The van der Waals surface area contributed by atoms with Crippen LogP contribution >= 0.6 is 0 Å². The number of anilines is 1. The van der Waals surface area contributed by atoms with Gasteiger partial charge < -0.3 is 14.4 Å². The molecule has 0 saturated carbocycles. The fourth-order valence-corrected chi connectivity index (χ4v) is 3.36. The van der Waals surface area contributed by atoms with Gasteiger partial charge in [-0.2, -0.15) is 5.10 Å². The quantitative estimate of drug-likeness (QED) is 0.732. The summed E-state index contributed by atoms with van der Waals surface area (Å²) in [6.07, 6.45) is 6.21. The van der Waals surface area contributed by atoms with Crippen molar-refractivity contribution in [3.63, 3.8) is 0 Å². The van der Waals surface area contributed by atoms with Gasteiger partial charge in [0.25, 0.3) is 0 Å². The number of hydrogen-bond acceptors (Lipinski definition) is 4. The van der Waals surface area contributed by atoms with Gasteiger partial charge >= 0.3 is 0 Å². The number of ether oxygens (including phenoxy) is 2. The van der Waals surface area contributed by atoms with E-state index in [2.05, 4.69) is 40.5 Å². The van der Waals surface area contributed by atoms with Crippen molar-refractivity contribution in [2.24, 2.45) is 5.92 Å². The second-order valence-corrected chi connectivity index (χ2v) is 6.27. The molecule has 1 aliphatic heterocycles. The highest BCUT2D eigenvalue weighted by Gasteiger charge is 2.27. The molecule has 5 nitrogen and oxygen atoms in total. The molecule has 0 aliphatic carbocycles. The van der Waals surface area contributed by atoms with Crippen molar-refractivity contribution in [2.45, 2.75) is 32.6 Å². The maximum atomic E-state index is 5.68. The van der Waals surface area contributed by atoms with Crippen molar-refractivity contribution >= 4 is 5.69 Å². The molecule has 1 aromatic carbocycles. The summed E-state index contributed by atoms with van der Waals surface area (Å²) < 4.78 is 13.2. The van der Waals surface area contributed by atoms with E-state index in [1.807, 2.05) is 23.9 Å². The monoisotopic (exact) mass is 329 g/mol. The Balaban J connectivity index is 1.55. The summed E-state index contributed by atoms with van der Waals surface area (Å²) in [5, 5.41) is 4.51. The lowest BCUT2D eigenvalue weighted by molar-refractivity contribution is -0.156. The fourth-order valence-electron chi connectivity index (χ4n) is 3.36. The Morgan fingerprint density at radius 2 is 1.96 bits per heavy atom. The molecule has 2 heterocycles. The molecule has 0 bridgehead atoms. The molecule has 1 aromatic heterocycles. The van der Waals surface area contributed by atoms with Crippen LogP contribution < -0.4 is 4.90 Å². The Bertz CT molecular complexity index is 606. The molecule has 1 unspecified atom stereocenters. The number of benzene rings is 1. The second kappa shape index (κ2) is 8.31. The van der Waals surface area contributed by atoms with Crippen molar-refractivity contribution in [2.75, 3.05) is 31.7 Å². The van der Waals surface area contributed by atoms with Crippen LogP contribution in [-0.2, 0) is 16.0 Å². The minimum Gasteiger partial charge on any atom is -0.369 e. The maximum Gasteiger partial charge on any atom is 0.160 e. The highest BCUT2D eigenvalue weighted by atomic mass is 16.7. The highest BCUT2D eigenvalue weighted by molar-refractivity contribution is 5.42. The first-order valence-electron chi connectivity index (χ1n) is 8.76. The molecular formula is C19H27N3O2. The average Bonchev–Trinajstić information content (AvgIpc) is 3.09. The Labute approximate surface area is 144 Å². The third-order valence-corrected chi connectivity index (χ3v) is 4.66. The van der Waals surface area contributed by atoms with E-state index in [0.717, 1.165) is 32.5 Å². The predicted octanol–water partition coefficient (Wildman–Crippen LogP) is 3.16. The maximum absolute atomic E-state index is 5.68. The largest absolute Gasteiger partial charge is 0.369 e. The van der Waals surface area contributed by atoms with E-state index < -0.39 is 0 Å². The van der Waals surface area contributed by atoms with Gasteiger partial charge in [-0.1, -0.05) is 30.3 Å². The van der Waals surface area contributed by atoms with Gasteiger partial charge in [-0.15, -0.1) is 0 Å². The summed E-state index contributed by atoms with van der Waals surface area (Å²) in [5.41, 5.74) is 2.47. The van der Waals surface area contributed by atoms with Gasteiger partial charge in [0.1, 0.15) is 0 Å². The van der Waals surface area contributed by atoms with Crippen LogP contribution in [0.25, 0.3) is 0 Å². The van der Waals surface area contributed by atoms with E-state index in [4.69, 9.17) is 9.47 Å². The Morgan fingerprint density at radius 1 is 1.21 bits per heavy atom. The molecule has 5 heteroatoms. The Kier molecular flexibility index (Phi) is 5.88. The van der Waals surface area contributed by atoms with Crippen LogP contribution in [0.4, 0.5) is 5.69 Å². The molecule has 1 atom stereocenters. The number of rotatable bonds is 7. The minimum absolute atomic E-state index is 0.0713. The average molecular weight is 329 g/mol. The van der Waals surface area contributed by atoms with Gasteiger partial charge in [-0.05, 0) is 25.3 Å². The first-order valence-corrected chi connectivity index (χ1v) is 8.76. The van der Waals surface area contributed by atoms with E-state index in [0.29, 0.717) is 12.5 Å². The molecule has 0 amide bonds. The van der Waals surface area contributed by atoms with Gasteiger partial charge in [0, 0.05) is 38.9 Å². The molecular weight excluding hydrogens is 302 g/mol. The van der Waals surface area contributed by atoms with Gasteiger partial charge in [-0.3, -0.25) is 4.68 Å². The summed E-state index contributed by atoms with van der Waals surface area (Å²) in [4.78, 5) is 2.41. The molecule has 130 valence electrons. The number of hydrogen-bond donors (Lipinski definition) is 0. The summed E-state index contributed by atoms with van der Waals surface area (Å²) in [5.74, 6) is 0.477. The zero-order valence-electron chi connectivity index (χ0n) is 14.6. The predicted molar refractivity (Wildman–Crippen MR) is 95.1 cm³/mol. The first kappa shape index (κ1) is 17.0. The SMILES string of the molecule is CCOC(OC)C1CCN(c2cnn(Cc3ccccc3)c2)CC1. The minimum atomic E-state index is -0.0713. The van der Waals surface area contributed by atoms with E-state index in [-0.39, 0.29) is 6.29 Å². The number of aromatic nitrogens is 2. The number of nitrogens with zero attached hydrogens (tertiary/aromatic N) is 3. The van der Waals surface area contributed by atoms with E-state index >= 15 is 0 Å². The molecule has 0 N–H and O–H groups in total. The molecule has 0 spiro atoms. The van der Waals surface area contributed by atoms with Crippen molar-refractivity contribution in [3.05, 3.63) is 48.3 Å². The van der Waals surface area contributed by atoms with Crippen LogP contribution in [-0.4, -0.2) is 42.9 Å². The summed E-state index contributed by atoms with van der Waals surface area (Å²) >= 11 is 0. The zero-order chi connectivity index (χ0) is 16.8. The molecule has 3 rings (SSSR count). The van der Waals surface area contributed by atoms with Crippen LogP contribution in [0.5, 0.6) is 0 Å². The molecule has 0 radical (unpaired) electrons. The first-order chi connectivity index (χ1) is 11.8. The zero-order valence-corrected chi connectivity index (χ0v) is 14.6. The van der Waals surface area contributed by atoms with E-state index in [9.17, 15) is 0 Å². The van der Waals surface area contributed by atoms with Gasteiger partial charge in [-0.25, -0.2) is 0 Å². The van der Waals surface area contributed by atoms with Gasteiger partial charge in [0.05, 0.1) is 18.4 Å². The van der Waals surface area contributed by atoms with Crippen LogP contribution in [0.3, 0.4) is 0 Å². The number of methoxy groups -OCH3 is 1. The highest BCUT2D eigenvalue weighted by Crippen LogP contribution is 2.26. The Morgan fingerprint density at radius 3 is 2.62 bits per heavy atom. The summed E-state index contributed by atoms with van der Waals surface area (Å²) in [6.45, 7) is 5.57. The Hall–Kier alpha value is -1.85. The van der Waals surface area contributed by atoms with Crippen molar-refractivity contribution < 1.29 is 9.47 Å². The smallest absolute Gasteiger partial charge is 0.160 e. The lowest BCUT2D eigenvalue weighted by Crippen LogP contribution is -2.39. The summed E-state index contributed by atoms with van der Waals surface area (Å²) in [6, 6.07) is 10.4. The third kappa shape index (κ3) is 4.16. The van der Waals surface area contributed by atoms with E-state index in [1.165, 1.54) is 11.3 Å². The molecule has 1 fully saturated rings. The van der Waals surface area contributed by atoms with Crippen LogP contribution in [0.1, 0.15) is 25.3 Å². The topological polar surface area (TPSA) is 39.5 Å². The van der Waals surface area contributed by atoms with Crippen LogP contribution in [0.2, 0.25) is 0 Å². The number of piperidine rings is 1. The fraction of sp³-hybridized carbons (Fsp3) is 0.526. The van der Waals surface area contributed by atoms with Crippen molar-refractivity contribution in [3.8, 4) is 0 Å². The van der Waals surface area contributed by atoms with Gasteiger partial charge in [0.2, 0.25) is 0 Å². The van der Waals surface area contributed by atoms with Crippen LogP contribution in [0.15, 0.2) is 42.7 Å². The third-order valence-electron chi connectivity index (χ3n) is 4.66. The normalized spacial score (nSPS) is 17.2.